The van der Waals surface area contributed by atoms with E-state index in [-0.39, 0.29) is 0 Å². The summed E-state index contributed by atoms with van der Waals surface area (Å²) in [6, 6.07) is 16.0. The van der Waals surface area contributed by atoms with Crippen LogP contribution in [0, 0.1) is 0 Å². The van der Waals surface area contributed by atoms with E-state index in [1.807, 2.05) is 18.2 Å². The molecule has 2 aromatic rings. The molecule has 6 nitrogen and oxygen atoms in total. The van der Waals surface area contributed by atoms with Gasteiger partial charge in [0.05, 0.1) is 24.8 Å². The molecule has 0 bridgehead atoms. The van der Waals surface area contributed by atoms with Gasteiger partial charge >= 0.3 is 5.97 Å². The molecule has 0 aliphatic rings. The minimum Gasteiger partial charge on any atom is -0.491 e. The van der Waals surface area contributed by atoms with Crippen molar-refractivity contribution in [2.24, 2.45) is 5.73 Å². The first-order valence-electron chi connectivity index (χ1n) is 8.10. The Labute approximate surface area is 146 Å². The molecule has 1 atom stereocenters. The highest BCUT2D eigenvalue weighted by Gasteiger charge is 2.18. The van der Waals surface area contributed by atoms with Crippen LogP contribution in [0.2, 0.25) is 0 Å². The molecule has 2 rings (SSSR count). The number of hydrogen-bond acceptors (Lipinski definition) is 4. The van der Waals surface area contributed by atoms with Crippen LogP contribution in [0.25, 0.3) is 0 Å². The molecule has 0 aliphatic carbocycles. The van der Waals surface area contributed by atoms with E-state index in [1.54, 1.807) is 24.3 Å². The number of carbonyl (C=O) groups is 2. The van der Waals surface area contributed by atoms with E-state index in [0.717, 1.165) is 12.8 Å². The quantitative estimate of drug-likeness (QED) is 0.608. The number of hydrogen-bond donors (Lipinski definition) is 3. The van der Waals surface area contributed by atoms with E-state index in [2.05, 4.69) is 17.4 Å². The maximum Gasteiger partial charge on any atom is 0.305 e. The number of carboxylic acids is 1. The van der Waals surface area contributed by atoms with Crippen molar-refractivity contribution in [3.63, 3.8) is 0 Å². The van der Waals surface area contributed by atoms with Crippen LogP contribution in [0.5, 0.6) is 5.75 Å². The summed E-state index contributed by atoms with van der Waals surface area (Å²) in [5.41, 5.74) is 7.29. The van der Waals surface area contributed by atoms with Crippen molar-refractivity contribution in [3.05, 3.63) is 60.2 Å². The second-order valence-corrected chi connectivity index (χ2v) is 5.63. The van der Waals surface area contributed by atoms with Gasteiger partial charge in [-0.25, -0.2) is 0 Å². The van der Waals surface area contributed by atoms with Crippen LogP contribution in [0.3, 0.4) is 0 Å². The minimum atomic E-state index is -1.12. The lowest BCUT2D eigenvalue weighted by Crippen LogP contribution is -2.37. The molecule has 132 valence electrons. The van der Waals surface area contributed by atoms with E-state index in [1.165, 1.54) is 5.56 Å². The summed E-state index contributed by atoms with van der Waals surface area (Å²) in [5.74, 6) is -1.14. The summed E-state index contributed by atoms with van der Waals surface area (Å²) in [6.45, 7) is 0.503. The number of carboxylic acid groups (broad SMARTS) is 1. The highest BCUT2D eigenvalue weighted by Crippen LogP contribution is 2.24. The Morgan fingerprint density at radius 1 is 1.08 bits per heavy atom. The zero-order valence-electron chi connectivity index (χ0n) is 13.9. The Morgan fingerprint density at radius 3 is 2.48 bits per heavy atom. The maximum absolute atomic E-state index is 12.0. The van der Waals surface area contributed by atoms with Crippen molar-refractivity contribution in [2.75, 3.05) is 11.9 Å². The molecule has 0 aromatic heterocycles. The Morgan fingerprint density at radius 2 is 1.76 bits per heavy atom. The number of anilines is 1. The number of benzene rings is 2. The molecule has 0 radical (unpaired) electrons. The molecule has 4 N–H and O–H groups in total. The molecule has 25 heavy (non-hydrogen) atoms. The van der Waals surface area contributed by atoms with Crippen molar-refractivity contribution >= 4 is 17.6 Å². The first-order valence-corrected chi connectivity index (χ1v) is 8.10. The van der Waals surface area contributed by atoms with Gasteiger partial charge in [0.2, 0.25) is 5.91 Å². The smallest absolute Gasteiger partial charge is 0.305 e. The number of carbonyl (C=O) groups excluding carboxylic acids is 1. The first kappa shape index (κ1) is 18.5. The van der Waals surface area contributed by atoms with Gasteiger partial charge in [-0.2, -0.15) is 0 Å². The number of nitrogens with one attached hydrogen (secondary N) is 1. The van der Waals surface area contributed by atoms with Crippen LogP contribution in [0.15, 0.2) is 54.6 Å². The van der Waals surface area contributed by atoms with Crippen molar-refractivity contribution in [2.45, 2.75) is 25.3 Å². The number of rotatable bonds is 9. The van der Waals surface area contributed by atoms with Gasteiger partial charge in [0.25, 0.3) is 0 Å². The molecule has 2 aromatic carbocycles. The second-order valence-electron chi connectivity index (χ2n) is 5.63. The average Bonchev–Trinajstić information content (AvgIpc) is 2.60. The van der Waals surface area contributed by atoms with Crippen LogP contribution in [-0.2, 0) is 16.0 Å². The largest absolute Gasteiger partial charge is 0.491 e. The summed E-state index contributed by atoms with van der Waals surface area (Å²) in [6.07, 6.45) is 1.32. The summed E-state index contributed by atoms with van der Waals surface area (Å²) < 4.78 is 5.75. The Bertz CT molecular complexity index is 704. The lowest BCUT2D eigenvalue weighted by atomic mass is 10.1. The number of aryl methyl sites for hydroxylation is 1. The number of para-hydroxylation sites is 2. The Kier molecular flexibility index (Phi) is 6.98. The van der Waals surface area contributed by atoms with Crippen LogP contribution in [-0.4, -0.2) is 29.6 Å². The number of ether oxygens (including phenoxy) is 1. The van der Waals surface area contributed by atoms with Gasteiger partial charge in [-0.15, -0.1) is 0 Å². The van der Waals surface area contributed by atoms with Crippen molar-refractivity contribution in [3.8, 4) is 5.75 Å². The molecule has 1 amide bonds. The lowest BCUT2D eigenvalue weighted by Gasteiger charge is -2.14. The zero-order valence-corrected chi connectivity index (χ0v) is 13.9. The van der Waals surface area contributed by atoms with Crippen molar-refractivity contribution < 1.29 is 19.4 Å². The fraction of sp³-hybridized carbons (Fsp3) is 0.263. The van der Waals surface area contributed by atoms with Crippen LogP contribution < -0.4 is 15.8 Å². The molecular weight excluding hydrogens is 320 g/mol. The molecule has 0 fully saturated rings. The van der Waals surface area contributed by atoms with E-state index >= 15 is 0 Å². The molecule has 0 heterocycles. The maximum atomic E-state index is 12.0. The number of amides is 1. The third-order valence-electron chi connectivity index (χ3n) is 3.59. The Balaban J connectivity index is 1.87. The van der Waals surface area contributed by atoms with Crippen LogP contribution >= 0.6 is 0 Å². The normalized spacial score (nSPS) is 11.6. The Hall–Kier alpha value is -2.86. The third-order valence-corrected chi connectivity index (χ3v) is 3.59. The molecular formula is C19H22N2O4. The van der Waals surface area contributed by atoms with Crippen LogP contribution in [0.4, 0.5) is 5.69 Å². The van der Waals surface area contributed by atoms with E-state index < -0.39 is 24.3 Å². The average molecular weight is 342 g/mol. The van der Waals surface area contributed by atoms with E-state index in [9.17, 15) is 9.59 Å². The van der Waals surface area contributed by atoms with Gasteiger partial charge in [-0.05, 0) is 30.5 Å². The lowest BCUT2D eigenvalue weighted by molar-refractivity contribution is -0.138. The fourth-order valence-electron chi connectivity index (χ4n) is 2.31. The highest BCUT2D eigenvalue weighted by atomic mass is 16.5. The van der Waals surface area contributed by atoms with E-state index in [0.29, 0.717) is 18.0 Å². The summed E-state index contributed by atoms with van der Waals surface area (Å²) in [7, 11) is 0. The monoisotopic (exact) mass is 342 g/mol. The number of nitrogens with two attached hydrogens (primary N) is 1. The predicted molar refractivity (Wildman–Crippen MR) is 95.6 cm³/mol. The molecule has 0 spiro atoms. The van der Waals surface area contributed by atoms with Gasteiger partial charge in [0.1, 0.15) is 5.75 Å². The molecule has 0 saturated heterocycles. The van der Waals surface area contributed by atoms with Crippen molar-refractivity contribution in [1.29, 1.82) is 0 Å². The van der Waals surface area contributed by atoms with Crippen LogP contribution in [0.1, 0.15) is 18.4 Å². The van der Waals surface area contributed by atoms with Gasteiger partial charge in [-0.3, -0.25) is 9.59 Å². The molecule has 0 unspecified atom stereocenters. The highest BCUT2D eigenvalue weighted by molar-refractivity contribution is 5.97. The topological polar surface area (TPSA) is 102 Å². The SMILES string of the molecule is N[C@@H](CC(=O)O)C(=O)Nc1ccccc1OCCCc1ccccc1. The van der Waals surface area contributed by atoms with E-state index in [4.69, 9.17) is 15.6 Å². The van der Waals surface area contributed by atoms with Gasteiger partial charge < -0.3 is 20.9 Å². The molecule has 6 heteroatoms. The predicted octanol–water partition coefficient (Wildman–Crippen LogP) is 2.44. The van der Waals surface area contributed by atoms with Gasteiger partial charge in [-0.1, -0.05) is 42.5 Å². The third kappa shape index (κ3) is 6.27. The summed E-state index contributed by atoms with van der Waals surface area (Å²) in [4.78, 5) is 22.6. The standard InChI is InChI=1S/C19H22N2O4/c20-15(13-18(22)23)19(24)21-16-10-4-5-11-17(16)25-12-6-9-14-7-2-1-3-8-14/h1-5,7-8,10-11,15H,6,9,12-13,20H2,(H,21,24)(H,22,23)/t15-/m0/s1. The second kappa shape index (κ2) is 9.44. The minimum absolute atomic E-state index is 0.425. The summed E-state index contributed by atoms with van der Waals surface area (Å²) >= 11 is 0. The zero-order chi connectivity index (χ0) is 18.1. The van der Waals surface area contributed by atoms with Crippen molar-refractivity contribution in [1.82, 2.24) is 0 Å². The molecule has 0 saturated carbocycles. The van der Waals surface area contributed by atoms with Gasteiger partial charge in [0, 0.05) is 0 Å². The summed E-state index contributed by atoms with van der Waals surface area (Å²) in [5, 5.41) is 11.3. The first-order chi connectivity index (χ1) is 12.1. The number of aliphatic carboxylic acids is 1. The molecule has 0 aliphatic heterocycles. The fourth-order valence-corrected chi connectivity index (χ4v) is 2.31. The van der Waals surface area contributed by atoms with Gasteiger partial charge in [0.15, 0.2) is 0 Å².